The monoisotopic (exact) mass is 764 g/mol. The van der Waals surface area contributed by atoms with Crippen molar-refractivity contribution >= 4 is 38.9 Å². The first-order valence-electron chi connectivity index (χ1n) is 15.5. The van der Waals surface area contributed by atoms with Crippen LogP contribution in [-0.2, 0) is 24.7 Å². The zero-order valence-electron chi connectivity index (χ0n) is 28.4. The summed E-state index contributed by atoms with van der Waals surface area (Å²) in [5.74, 6) is 0. The molecular weight excluding hydrogens is 726 g/mol. The molecule has 0 saturated heterocycles. The third-order valence-electron chi connectivity index (χ3n) is 7.53. The molecule has 0 N–H and O–H groups in total. The highest BCUT2D eigenvalue weighted by molar-refractivity contribution is 7.61. The van der Waals surface area contributed by atoms with Gasteiger partial charge in [0.25, 0.3) is 0 Å². The van der Waals surface area contributed by atoms with E-state index in [9.17, 15) is 52.7 Å². The first-order valence-corrected chi connectivity index (χ1v) is 18.4. The Morgan fingerprint density at radius 2 is 0.620 bits per heavy atom. The molecule has 2 nitrogen and oxygen atoms in total. The Labute approximate surface area is 286 Å². The van der Waals surface area contributed by atoms with Gasteiger partial charge in [0.2, 0.25) is 0 Å². The maximum Gasteiger partial charge on any atom is 0.416 e. The van der Waals surface area contributed by atoms with Gasteiger partial charge < -0.3 is 9.34 Å². The van der Waals surface area contributed by atoms with Gasteiger partial charge in [-0.25, -0.2) is 0 Å². The number of hydrogen-bond acceptors (Lipinski definition) is 2. The van der Waals surface area contributed by atoms with E-state index in [2.05, 4.69) is 0 Å². The van der Waals surface area contributed by atoms with E-state index in [0.717, 1.165) is 0 Å². The Morgan fingerprint density at radius 1 is 0.380 bits per heavy atom. The van der Waals surface area contributed by atoms with Crippen LogP contribution in [0.5, 0.6) is 0 Å². The lowest BCUT2D eigenvalue weighted by molar-refractivity contribution is -0.144. The van der Waals surface area contributed by atoms with Gasteiger partial charge in [-0.05, 0) is 77.2 Å². The second-order valence-corrected chi connectivity index (χ2v) is 19.3. The molecule has 0 amide bonds. The highest BCUT2D eigenvalue weighted by Crippen LogP contribution is 2.60. The van der Waals surface area contributed by atoms with Crippen LogP contribution in [0.4, 0.5) is 75.4 Å². The largest absolute Gasteiger partial charge is 0.416 e. The minimum absolute atomic E-state index is 0.0250. The van der Waals surface area contributed by atoms with Gasteiger partial charge in [-0.1, -0.05) is 61.5 Å². The first kappa shape index (κ1) is 41.7. The van der Waals surface area contributed by atoms with Gasteiger partial charge in [-0.15, -0.1) is 0 Å². The molecule has 0 radical (unpaired) electrons. The molecule has 278 valence electrons. The summed E-state index contributed by atoms with van der Waals surface area (Å²) in [4.78, 5) is 0. The zero-order valence-corrected chi connectivity index (χ0v) is 30.2. The highest BCUT2D eigenvalue weighted by Gasteiger charge is 2.41. The number of anilines is 4. The minimum Gasteiger partial charge on any atom is -0.319 e. The molecule has 3 aromatic carbocycles. The number of rotatable bonds is 10. The lowest BCUT2D eigenvalue weighted by Crippen LogP contribution is -2.24. The van der Waals surface area contributed by atoms with Gasteiger partial charge in [0, 0.05) is 38.9 Å². The second kappa shape index (κ2) is 15.1. The summed E-state index contributed by atoms with van der Waals surface area (Å²) in [5, 5.41) is 0. The van der Waals surface area contributed by atoms with Crippen molar-refractivity contribution in [3.63, 3.8) is 0 Å². The molecule has 0 atom stereocenters. The van der Waals surface area contributed by atoms with Crippen molar-refractivity contribution in [3.8, 4) is 0 Å². The molecule has 3 rings (SSSR count). The highest BCUT2D eigenvalue weighted by atomic mass is 31.1. The predicted molar refractivity (Wildman–Crippen MR) is 178 cm³/mol. The van der Waals surface area contributed by atoms with Crippen molar-refractivity contribution < 1.29 is 52.7 Å². The molecule has 0 bridgehead atoms. The number of nitrogens with zero attached hydrogens (tertiary/aromatic N) is 2. The van der Waals surface area contributed by atoms with E-state index in [-0.39, 0.29) is 46.1 Å². The van der Waals surface area contributed by atoms with Gasteiger partial charge in [0.05, 0.1) is 22.3 Å². The zero-order chi connectivity index (χ0) is 38.3. The fourth-order valence-electron chi connectivity index (χ4n) is 5.83. The van der Waals surface area contributed by atoms with Crippen LogP contribution in [0.2, 0.25) is 0 Å². The average molecular weight is 765 g/mol. The fourth-order valence-corrected chi connectivity index (χ4v) is 11.6. The summed E-state index contributed by atoms with van der Waals surface area (Å²) >= 11 is 0. The number of benzene rings is 3. The van der Waals surface area contributed by atoms with Gasteiger partial charge in [0.1, 0.15) is 0 Å². The summed E-state index contributed by atoms with van der Waals surface area (Å²) < 4.78 is 171. The lowest BCUT2D eigenvalue weighted by atomic mass is 10.1. The van der Waals surface area contributed by atoms with E-state index in [4.69, 9.17) is 0 Å². The Kier molecular flexibility index (Phi) is 12.6. The number of hydrogen-bond donors (Lipinski definition) is 0. The number of alkyl halides is 12. The van der Waals surface area contributed by atoms with Crippen molar-refractivity contribution in [2.24, 2.45) is 0 Å². The summed E-state index contributed by atoms with van der Waals surface area (Å²) in [6.45, 7) is 14.2. The Bertz CT molecular complexity index is 1410. The second-order valence-electron chi connectivity index (χ2n) is 12.8. The first-order chi connectivity index (χ1) is 22.6. The molecule has 0 aromatic heterocycles. The van der Waals surface area contributed by atoms with Crippen LogP contribution in [0.15, 0.2) is 60.7 Å². The molecular formula is C34H38F12N2P2. The van der Waals surface area contributed by atoms with E-state index in [1.54, 1.807) is 55.4 Å². The molecule has 16 heteroatoms. The van der Waals surface area contributed by atoms with E-state index in [1.807, 2.05) is 0 Å². The molecule has 3 aromatic rings. The summed E-state index contributed by atoms with van der Waals surface area (Å²) in [7, 11) is -3.14. The van der Waals surface area contributed by atoms with Gasteiger partial charge >= 0.3 is 24.7 Å². The van der Waals surface area contributed by atoms with E-state index < -0.39 is 74.5 Å². The van der Waals surface area contributed by atoms with Crippen LogP contribution >= 0.6 is 16.1 Å². The van der Waals surface area contributed by atoms with Crippen LogP contribution in [0.1, 0.15) is 77.6 Å². The molecule has 0 aliphatic carbocycles. The van der Waals surface area contributed by atoms with E-state index in [1.165, 1.54) is 33.6 Å². The molecule has 0 aliphatic rings. The van der Waals surface area contributed by atoms with Crippen molar-refractivity contribution in [1.82, 2.24) is 0 Å². The quantitative estimate of drug-likeness (QED) is 0.150. The van der Waals surface area contributed by atoms with E-state index >= 15 is 0 Å². The van der Waals surface area contributed by atoms with Gasteiger partial charge in [-0.3, -0.25) is 0 Å². The van der Waals surface area contributed by atoms with Crippen LogP contribution in [0, 0.1) is 0 Å². The summed E-state index contributed by atoms with van der Waals surface area (Å²) in [6.07, 6.45) is -20.5. The molecule has 0 unspecified atom stereocenters. The molecule has 0 aliphatic heterocycles. The molecule has 0 heterocycles. The fraction of sp³-hybridized carbons (Fsp3) is 0.471. The van der Waals surface area contributed by atoms with Crippen molar-refractivity contribution in [2.75, 3.05) is 9.34 Å². The normalized spacial score (nSPS) is 13.5. The molecule has 0 fully saturated rings. The van der Waals surface area contributed by atoms with Crippen LogP contribution in [0.25, 0.3) is 0 Å². The molecule has 0 spiro atoms. The third-order valence-corrected chi connectivity index (χ3v) is 13.6. The SMILES string of the molecule is CC(C)P(C(C)C)N(c1cccc(N(c2cc(C(F)(F)F)cc(C(F)(F)F)c2)P(C(C)C)C(C)C)c1)c1cc(C(F)(F)F)cc(C(F)(F)F)c1. The third kappa shape index (κ3) is 9.78. The standard InChI is InChI=1S/C34H38F12N2P2/c1-19(2)49(20(3)4)47(29-14-23(31(35,36)37)12-24(15-29)32(38,39)40)27-10-9-11-28(18-27)48(50(21(5)6)22(7)8)30-16-25(33(41,42)43)13-26(17-30)34(44,45)46/h9-22H,1-8H3. The predicted octanol–water partition coefficient (Wildman–Crippen LogP) is 14.5. The summed E-state index contributed by atoms with van der Waals surface area (Å²) in [5.41, 5.74) is -7.81. The smallest absolute Gasteiger partial charge is 0.319 e. The number of halogens is 12. The van der Waals surface area contributed by atoms with Crippen LogP contribution in [-0.4, -0.2) is 22.6 Å². The Hall–Kier alpha value is -2.72. The van der Waals surface area contributed by atoms with E-state index in [0.29, 0.717) is 24.3 Å². The maximum absolute atomic E-state index is 14.0. The van der Waals surface area contributed by atoms with Crippen molar-refractivity contribution in [3.05, 3.63) is 82.9 Å². The summed E-state index contributed by atoms with van der Waals surface area (Å²) in [6, 6.07) is 8.29. The van der Waals surface area contributed by atoms with Crippen LogP contribution < -0.4 is 9.34 Å². The Morgan fingerprint density at radius 3 is 0.820 bits per heavy atom. The molecule has 50 heavy (non-hydrogen) atoms. The topological polar surface area (TPSA) is 6.48 Å². The Balaban J connectivity index is 2.48. The maximum atomic E-state index is 14.0. The average Bonchev–Trinajstić information content (AvgIpc) is 2.95. The van der Waals surface area contributed by atoms with Gasteiger partial charge in [-0.2, -0.15) is 52.7 Å². The van der Waals surface area contributed by atoms with Crippen molar-refractivity contribution in [1.29, 1.82) is 0 Å². The molecule has 0 saturated carbocycles. The van der Waals surface area contributed by atoms with Gasteiger partial charge in [0.15, 0.2) is 0 Å². The lowest BCUT2D eigenvalue weighted by Gasteiger charge is -2.42. The van der Waals surface area contributed by atoms with Crippen LogP contribution in [0.3, 0.4) is 0 Å². The van der Waals surface area contributed by atoms with Crippen molar-refractivity contribution in [2.45, 2.75) is 103 Å². The minimum atomic E-state index is -5.14.